The van der Waals surface area contributed by atoms with Crippen LogP contribution < -0.4 is 19.5 Å². The first kappa shape index (κ1) is 23.8. The molecule has 1 N–H and O–H groups in total. The molecule has 0 unspecified atom stereocenters. The number of fused-ring (bicyclic) bond motifs is 1. The molecule has 6 nitrogen and oxygen atoms in total. The summed E-state index contributed by atoms with van der Waals surface area (Å²) in [4.78, 5) is 17.7. The SMILES string of the molecule is COc1cc(C(=O)N[C@]2(c3ccc(OC(F)(F)F)c(F)c3)CCOc3cccnc32)ccc1Br. The number of alkyl halides is 3. The third kappa shape index (κ3) is 4.65. The fourth-order valence-electron chi connectivity index (χ4n) is 3.78. The van der Waals surface area contributed by atoms with Crippen molar-refractivity contribution in [2.24, 2.45) is 0 Å². The maximum absolute atomic E-state index is 14.7. The van der Waals surface area contributed by atoms with Crippen LogP contribution in [0.15, 0.2) is 59.2 Å². The standard InChI is InChI=1S/C23H17BrF4N2O4/c1-32-19-11-13(4-6-15(19)24)21(31)30-22(8-10-33-18-3-2-9-29-20(18)22)14-5-7-17(16(25)12-14)34-23(26,27)28/h2-7,9,11-12H,8,10H2,1H3,(H,30,31)/t22-/m0/s1. The van der Waals surface area contributed by atoms with E-state index < -0.39 is 29.4 Å². The molecule has 1 aliphatic rings. The zero-order valence-electron chi connectivity index (χ0n) is 17.6. The number of methoxy groups -OCH3 is 1. The van der Waals surface area contributed by atoms with Crippen molar-refractivity contribution in [2.45, 2.75) is 18.3 Å². The van der Waals surface area contributed by atoms with E-state index in [2.05, 4.69) is 31.0 Å². The maximum atomic E-state index is 14.7. The molecular weight excluding hydrogens is 524 g/mol. The number of nitrogens with zero attached hydrogens (tertiary/aromatic N) is 1. The summed E-state index contributed by atoms with van der Waals surface area (Å²) in [6.45, 7) is 0.144. The molecule has 3 aromatic rings. The number of pyridine rings is 1. The summed E-state index contributed by atoms with van der Waals surface area (Å²) >= 11 is 3.33. The van der Waals surface area contributed by atoms with E-state index in [4.69, 9.17) is 9.47 Å². The average molecular weight is 541 g/mol. The first-order valence-corrected chi connectivity index (χ1v) is 10.7. The van der Waals surface area contributed by atoms with Gasteiger partial charge in [0, 0.05) is 18.2 Å². The van der Waals surface area contributed by atoms with Crippen molar-refractivity contribution in [3.63, 3.8) is 0 Å². The van der Waals surface area contributed by atoms with E-state index >= 15 is 0 Å². The summed E-state index contributed by atoms with van der Waals surface area (Å²) in [6.07, 6.45) is -3.42. The number of hydrogen-bond donors (Lipinski definition) is 1. The molecule has 2 aromatic carbocycles. The number of hydrogen-bond acceptors (Lipinski definition) is 5. The number of carbonyl (C=O) groups is 1. The first-order chi connectivity index (χ1) is 16.1. The van der Waals surface area contributed by atoms with Gasteiger partial charge in [-0.3, -0.25) is 9.78 Å². The third-order valence-corrected chi connectivity index (χ3v) is 5.96. The van der Waals surface area contributed by atoms with Gasteiger partial charge in [-0.15, -0.1) is 13.2 Å². The van der Waals surface area contributed by atoms with E-state index in [0.717, 1.165) is 12.1 Å². The number of amides is 1. The van der Waals surface area contributed by atoms with E-state index in [-0.39, 0.29) is 24.2 Å². The van der Waals surface area contributed by atoms with Crippen LogP contribution in [0.4, 0.5) is 17.6 Å². The van der Waals surface area contributed by atoms with Crippen LogP contribution in [0.25, 0.3) is 0 Å². The highest BCUT2D eigenvalue weighted by atomic mass is 79.9. The van der Waals surface area contributed by atoms with Crippen molar-refractivity contribution < 1.29 is 36.6 Å². The fraction of sp³-hybridized carbons (Fsp3) is 0.217. The highest BCUT2D eigenvalue weighted by Crippen LogP contribution is 2.42. The van der Waals surface area contributed by atoms with Gasteiger partial charge in [0.1, 0.15) is 22.7 Å². The Labute approximate surface area is 200 Å². The van der Waals surface area contributed by atoms with Crippen LogP contribution >= 0.6 is 15.9 Å². The van der Waals surface area contributed by atoms with Crippen molar-refractivity contribution in [1.29, 1.82) is 0 Å². The zero-order chi connectivity index (χ0) is 24.5. The van der Waals surface area contributed by atoms with Crippen LogP contribution in [0.5, 0.6) is 17.2 Å². The lowest BCUT2D eigenvalue weighted by Gasteiger charge is -2.39. The third-order valence-electron chi connectivity index (χ3n) is 5.30. The molecule has 4 rings (SSSR count). The maximum Gasteiger partial charge on any atom is 0.573 e. The molecule has 178 valence electrons. The van der Waals surface area contributed by atoms with Crippen LogP contribution in [0, 0.1) is 5.82 Å². The molecule has 1 aliphatic heterocycles. The molecule has 0 aliphatic carbocycles. The quantitative estimate of drug-likeness (QED) is 0.442. The Morgan fingerprint density at radius 1 is 1.18 bits per heavy atom. The van der Waals surface area contributed by atoms with Gasteiger partial charge in [0.2, 0.25) is 0 Å². The molecule has 0 radical (unpaired) electrons. The van der Waals surface area contributed by atoms with Gasteiger partial charge in [-0.1, -0.05) is 6.07 Å². The normalized spacial score (nSPS) is 17.4. The molecule has 0 spiro atoms. The van der Waals surface area contributed by atoms with Gasteiger partial charge in [-0.2, -0.15) is 0 Å². The molecule has 0 saturated carbocycles. The number of carbonyl (C=O) groups excluding carboxylic acids is 1. The van der Waals surface area contributed by atoms with E-state index in [1.54, 1.807) is 24.3 Å². The van der Waals surface area contributed by atoms with Crippen molar-refractivity contribution in [1.82, 2.24) is 10.3 Å². The van der Waals surface area contributed by atoms with Gasteiger partial charge in [0.25, 0.3) is 5.91 Å². The monoisotopic (exact) mass is 540 g/mol. The summed E-state index contributed by atoms with van der Waals surface area (Å²) in [6, 6.07) is 11.0. The van der Waals surface area contributed by atoms with Crippen molar-refractivity contribution in [3.8, 4) is 17.2 Å². The topological polar surface area (TPSA) is 69.7 Å². The highest BCUT2D eigenvalue weighted by molar-refractivity contribution is 9.10. The Kier molecular flexibility index (Phi) is 6.39. The lowest BCUT2D eigenvalue weighted by Crippen LogP contribution is -2.50. The molecule has 1 amide bonds. The lowest BCUT2D eigenvalue weighted by molar-refractivity contribution is -0.275. The van der Waals surface area contributed by atoms with Crippen LogP contribution in [0.3, 0.4) is 0 Å². The number of aromatic nitrogens is 1. The molecule has 2 heterocycles. The van der Waals surface area contributed by atoms with E-state index in [0.29, 0.717) is 21.7 Å². The van der Waals surface area contributed by atoms with E-state index in [9.17, 15) is 22.4 Å². The predicted octanol–water partition coefficient (Wildman–Crippen LogP) is 5.35. The summed E-state index contributed by atoms with van der Waals surface area (Å²) in [7, 11) is 1.45. The van der Waals surface area contributed by atoms with Gasteiger partial charge in [-0.05, 0) is 64.0 Å². The summed E-state index contributed by atoms with van der Waals surface area (Å²) in [5.41, 5.74) is -0.659. The second-order valence-electron chi connectivity index (χ2n) is 7.35. The van der Waals surface area contributed by atoms with E-state index in [1.807, 2.05) is 0 Å². The van der Waals surface area contributed by atoms with Crippen LogP contribution in [0.1, 0.15) is 28.0 Å². The number of benzene rings is 2. The van der Waals surface area contributed by atoms with Crippen LogP contribution in [-0.4, -0.2) is 31.0 Å². The second-order valence-corrected chi connectivity index (χ2v) is 8.20. The molecule has 0 saturated heterocycles. The smallest absolute Gasteiger partial charge is 0.496 e. The van der Waals surface area contributed by atoms with Crippen LogP contribution in [-0.2, 0) is 5.54 Å². The number of halogens is 5. The number of nitrogens with one attached hydrogen (secondary N) is 1. The minimum Gasteiger partial charge on any atom is -0.496 e. The largest absolute Gasteiger partial charge is 0.573 e. The van der Waals surface area contributed by atoms with Gasteiger partial charge in [0.15, 0.2) is 11.6 Å². The minimum atomic E-state index is -5.05. The van der Waals surface area contributed by atoms with Gasteiger partial charge >= 0.3 is 6.36 Å². The van der Waals surface area contributed by atoms with Crippen molar-refractivity contribution in [2.75, 3.05) is 13.7 Å². The molecule has 34 heavy (non-hydrogen) atoms. The van der Waals surface area contributed by atoms with Gasteiger partial charge in [0.05, 0.1) is 18.2 Å². The number of ether oxygens (including phenoxy) is 3. The summed E-state index contributed by atoms with van der Waals surface area (Å²) in [5, 5.41) is 2.90. The molecule has 11 heteroatoms. The molecule has 0 bridgehead atoms. The van der Waals surface area contributed by atoms with Crippen LogP contribution in [0.2, 0.25) is 0 Å². The highest BCUT2D eigenvalue weighted by Gasteiger charge is 2.43. The number of rotatable bonds is 5. The Morgan fingerprint density at radius 3 is 2.68 bits per heavy atom. The second kappa shape index (κ2) is 9.13. The molecule has 1 aromatic heterocycles. The van der Waals surface area contributed by atoms with Gasteiger partial charge < -0.3 is 19.5 Å². The minimum absolute atomic E-state index is 0.144. The predicted molar refractivity (Wildman–Crippen MR) is 116 cm³/mol. The zero-order valence-corrected chi connectivity index (χ0v) is 19.2. The Morgan fingerprint density at radius 2 is 1.97 bits per heavy atom. The summed E-state index contributed by atoms with van der Waals surface area (Å²) < 4.78 is 67.8. The summed E-state index contributed by atoms with van der Waals surface area (Å²) in [5.74, 6) is -1.97. The average Bonchev–Trinajstić information content (AvgIpc) is 2.80. The lowest BCUT2D eigenvalue weighted by atomic mass is 9.81. The van der Waals surface area contributed by atoms with E-state index in [1.165, 1.54) is 25.4 Å². The fourth-order valence-corrected chi connectivity index (χ4v) is 4.18. The van der Waals surface area contributed by atoms with Crippen molar-refractivity contribution >= 4 is 21.8 Å². The molecular formula is C23H17BrF4N2O4. The Hall–Kier alpha value is -3.34. The first-order valence-electron chi connectivity index (χ1n) is 9.93. The van der Waals surface area contributed by atoms with Gasteiger partial charge in [-0.25, -0.2) is 4.39 Å². The Balaban J connectivity index is 1.80. The molecule has 1 atom stereocenters. The Bertz CT molecular complexity index is 1240. The van der Waals surface area contributed by atoms with Crippen molar-refractivity contribution in [3.05, 3.63) is 81.8 Å². The molecule has 0 fully saturated rings.